The van der Waals surface area contributed by atoms with Crippen LogP contribution in [0.2, 0.25) is 5.02 Å². The average Bonchev–Trinajstić information content (AvgIpc) is 3.12. The van der Waals surface area contributed by atoms with E-state index in [2.05, 4.69) is 31.6 Å². The molecule has 0 saturated carbocycles. The number of sulfonamides is 1. The van der Waals surface area contributed by atoms with Crippen molar-refractivity contribution in [3.05, 3.63) is 88.3 Å². The molecule has 0 spiro atoms. The van der Waals surface area contributed by atoms with Crippen LogP contribution in [0.3, 0.4) is 0 Å². The van der Waals surface area contributed by atoms with Gasteiger partial charge in [-0.2, -0.15) is 0 Å². The summed E-state index contributed by atoms with van der Waals surface area (Å²) in [7, 11) is -2.41. The van der Waals surface area contributed by atoms with Crippen molar-refractivity contribution in [2.24, 2.45) is 0 Å². The van der Waals surface area contributed by atoms with Crippen molar-refractivity contribution < 1.29 is 31.9 Å². The quantitative estimate of drug-likeness (QED) is 0.208. The minimum atomic E-state index is -3.59. The van der Waals surface area contributed by atoms with E-state index in [0.717, 1.165) is 0 Å². The highest BCUT2D eigenvalue weighted by atomic mass is 35.5. The molecule has 0 radical (unpaired) electrons. The van der Waals surface area contributed by atoms with Gasteiger partial charge < -0.3 is 25.4 Å². The fourth-order valence-corrected chi connectivity index (χ4v) is 7.14. The van der Waals surface area contributed by atoms with Crippen molar-refractivity contribution in [1.29, 1.82) is 0 Å². The lowest BCUT2D eigenvalue weighted by atomic mass is 9.84. The second-order valence-electron chi connectivity index (χ2n) is 11.9. The van der Waals surface area contributed by atoms with Crippen molar-refractivity contribution in [3.8, 4) is 18.2 Å². The molecule has 1 aliphatic rings. The third kappa shape index (κ3) is 10.9. The van der Waals surface area contributed by atoms with Gasteiger partial charge in [-0.05, 0) is 81.0 Å². The first-order chi connectivity index (χ1) is 23.4. The van der Waals surface area contributed by atoms with Gasteiger partial charge in [0.05, 0.1) is 25.0 Å². The topological polar surface area (TPSA) is 148 Å². The summed E-state index contributed by atoms with van der Waals surface area (Å²) in [6.07, 6.45) is 7.31. The lowest BCUT2D eigenvalue weighted by molar-refractivity contribution is -0.118. The Morgan fingerprint density at radius 1 is 1.16 bits per heavy atom. The lowest BCUT2D eigenvalue weighted by Crippen LogP contribution is -2.48. The summed E-state index contributed by atoms with van der Waals surface area (Å²) in [5, 5.41) is 9.13. The van der Waals surface area contributed by atoms with Crippen molar-refractivity contribution in [2.45, 2.75) is 69.7 Å². The zero-order valence-corrected chi connectivity index (χ0v) is 29.1. The van der Waals surface area contributed by atoms with Crippen LogP contribution >= 0.6 is 11.6 Å². The van der Waals surface area contributed by atoms with E-state index >= 15 is 4.39 Å². The Balaban J connectivity index is 1.67. The Bertz CT molecular complexity index is 1750. The number of ether oxygens (including phenoxy) is 2. The third-order valence-corrected chi connectivity index (χ3v) is 9.73. The second kappa shape index (κ2) is 17.4. The molecule has 1 aliphatic heterocycles. The van der Waals surface area contributed by atoms with Crippen molar-refractivity contribution in [2.75, 3.05) is 24.7 Å². The number of halogens is 2. The molecule has 2 heterocycles. The largest absolute Gasteiger partial charge is 0.475 e. The molecule has 0 bridgehead atoms. The van der Waals surface area contributed by atoms with Crippen LogP contribution in [-0.4, -0.2) is 69.0 Å². The van der Waals surface area contributed by atoms with Gasteiger partial charge in [0.1, 0.15) is 11.9 Å². The standard InChI is InChI=1S/C35H41ClFN5O6S/c1-5-26-8-7-19-49(45,46)42-27(21-39-26)15-16-28-29(37)9-6-10-30(28)40-34(43)33(41-35(44)47-4)32(23-11-13-25(36)14-12-23)24-17-18-38-31(20-24)48-22(2)3/h1,6,9-14,17-18,20,22,26-27,32-33,39,42H,7-8,15-16,19,21H2,2-4H3,(H,40,43)(H,41,44)/t26?,27?,32-,33-/m0/s1. The highest BCUT2D eigenvalue weighted by molar-refractivity contribution is 7.89. The number of benzene rings is 2. The molecule has 0 aliphatic carbocycles. The molecule has 3 aromatic rings. The Hall–Kier alpha value is -4.22. The van der Waals surface area contributed by atoms with Crippen molar-refractivity contribution >= 4 is 39.3 Å². The molecule has 11 nitrogen and oxygen atoms in total. The Kier molecular flexibility index (Phi) is 13.4. The van der Waals surface area contributed by atoms with E-state index in [9.17, 15) is 18.0 Å². The first kappa shape index (κ1) is 37.6. The number of methoxy groups -OCH3 is 1. The maximum Gasteiger partial charge on any atom is 0.407 e. The Labute approximate surface area is 291 Å². The normalized spacial score (nSPS) is 18.9. The monoisotopic (exact) mass is 713 g/mol. The van der Waals surface area contributed by atoms with Crippen molar-refractivity contribution in [3.63, 3.8) is 0 Å². The maximum atomic E-state index is 15.4. The van der Waals surface area contributed by atoms with Crippen LogP contribution in [-0.2, 0) is 26.0 Å². The molecule has 262 valence electrons. The number of alkyl carbamates (subject to hydrolysis) is 1. The first-order valence-corrected chi connectivity index (χ1v) is 17.9. The molecule has 14 heteroatoms. The summed E-state index contributed by atoms with van der Waals surface area (Å²) in [5.74, 6) is 0.835. The van der Waals surface area contributed by atoms with Crippen LogP contribution in [0.15, 0.2) is 60.8 Å². The number of nitrogens with one attached hydrogen (secondary N) is 4. The van der Waals surface area contributed by atoms with Gasteiger partial charge in [0.15, 0.2) is 0 Å². The number of hydrogen-bond donors (Lipinski definition) is 4. The first-order valence-electron chi connectivity index (χ1n) is 15.9. The average molecular weight is 714 g/mol. The second-order valence-corrected chi connectivity index (χ2v) is 14.2. The molecule has 4 atom stereocenters. The summed E-state index contributed by atoms with van der Waals surface area (Å²) >= 11 is 6.19. The highest BCUT2D eigenvalue weighted by Gasteiger charge is 2.34. The fraction of sp³-hybridized carbons (Fsp3) is 0.400. The number of amides is 2. The number of carbonyl (C=O) groups is 2. The molecule has 4 N–H and O–H groups in total. The van der Waals surface area contributed by atoms with Gasteiger partial charge in [0, 0.05) is 47.0 Å². The molecule has 1 fully saturated rings. The third-order valence-electron chi connectivity index (χ3n) is 7.96. The molecular weight excluding hydrogens is 673 g/mol. The van der Waals surface area contributed by atoms with Gasteiger partial charge in [0.2, 0.25) is 21.8 Å². The van der Waals surface area contributed by atoms with E-state index in [1.807, 2.05) is 13.8 Å². The summed E-state index contributed by atoms with van der Waals surface area (Å²) in [6, 6.07) is 12.3. The molecule has 2 unspecified atom stereocenters. The number of nitrogens with zero attached hydrogens (tertiary/aromatic N) is 1. The van der Waals surface area contributed by atoms with E-state index in [4.69, 9.17) is 27.5 Å². The van der Waals surface area contributed by atoms with Crippen LogP contribution in [0.1, 0.15) is 55.7 Å². The SMILES string of the molecule is C#CC1CCCS(=O)(=O)NC(CCc2c(F)cccc2NC(=O)[C@@H](NC(=O)OC)[C@@H](c2ccc(Cl)cc2)c2ccnc(OC(C)C)c2)CN1. The zero-order valence-electron chi connectivity index (χ0n) is 27.5. The lowest BCUT2D eigenvalue weighted by Gasteiger charge is -2.28. The Morgan fingerprint density at radius 2 is 1.92 bits per heavy atom. The zero-order chi connectivity index (χ0) is 35.6. The summed E-state index contributed by atoms with van der Waals surface area (Å²) in [5.41, 5.74) is 1.55. The van der Waals surface area contributed by atoms with Crippen LogP contribution in [0.4, 0.5) is 14.9 Å². The molecule has 2 aromatic carbocycles. The van der Waals surface area contributed by atoms with Crippen molar-refractivity contribution in [1.82, 2.24) is 20.3 Å². The molecule has 49 heavy (non-hydrogen) atoms. The maximum absolute atomic E-state index is 15.4. The van der Waals surface area contributed by atoms with E-state index in [-0.39, 0.29) is 48.5 Å². The Morgan fingerprint density at radius 3 is 2.61 bits per heavy atom. The van der Waals surface area contributed by atoms with Gasteiger partial charge in [-0.3, -0.25) is 4.79 Å². The predicted molar refractivity (Wildman–Crippen MR) is 187 cm³/mol. The number of anilines is 1. The van der Waals surface area contributed by atoms with Gasteiger partial charge in [0.25, 0.3) is 0 Å². The molecule has 4 rings (SSSR count). The number of aromatic nitrogens is 1. The minimum Gasteiger partial charge on any atom is -0.475 e. The number of pyridine rings is 1. The molecular formula is C35H41ClFN5O6S. The van der Waals surface area contributed by atoms with Crippen LogP contribution in [0.5, 0.6) is 5.88 Å². The van der Waals surface area contributed by atoms with Gasteiger partial charge in [-0.1, -0.05) is 35.7 Å². The summed E-state index contributed by atoms with van der Waals surface area (Å²) in [4.78, 5) is 31.2. The van der Waals surface area contributed by atoms with E-state index < -0.39 is 45.8 Å². The number of terminal acetylenes is 1. The molecule has 2 amide bonds. The van der Waals surface area contributed by atoms with E-state index in [1.54, 1.807) is 48.7 Å². The highest BCUT2D eigenvalue weighted by Crippen LogP contribution is 2.32. The minimum absolute atomic E-state index is 0.0731. The smallest absolute Gasteiger partial charge is 0.407 e. The summed E-state index contributed by atoms with van der Waals surface area (Å²) < 4.78 is 54.1. The number of hydrogen-bond acceptors (Lipinski definition) is 8. The predicted octanol–water partition coefficient (Wildman–Crippen LogP) is 4.76. The van der Waals surface area contributed by atoms with Gasteiger partial charge in [-0.15, -0.1) is 6.42 Å². The van der Waals surface area contributed by atoms with Crippen LogP contribution < -0.4 is 25.4 Å². The van der Waals surface area contributed by atoms with Crippen LogP contribution in [0.25, 0.3) is 0 Å². The van der Waals surface area contributed by atoms with Gasteiger partial charge >= 0.3 is 6.09 Å². The van der Waals surface area contributed by atoms with E-state index in [0.29, 0.717) is 34.9 Å². The van der Waals surface area contributed by atoms with E-state index in [1.165, 1.54) is 19.2 Å². The van der Waals surface area contributed by atoms with Gasteiger partial charge in [-0.25, -0.2) is 27.3 Å². The number of carbonyl (C=O) groups excluding carboxylic acids is 2. The summed E-state index contributed by atoms with van der Waals surface area (Å²) in [6.45, 7) is 3.95. The van der Waals surface area contributed by atoms with Crippen LogP contribution in [0, 0.1) is 18.2 Å². The fourth-order valence-electron chi connectivity index (χ4n) is 5.64. The molecule has 1 aromatic heterocycles. The number of rotatable bonds is 11. The molecule has 1 saturated heterocycles.